The van der Waals surface area contributed by atoms with E-state index < -0.39 is 0 Å². The molecule has 1 amide bonds. The molecule has 7 heteroatoms. The second kappa shape index (κ2) is 9.04. The predicted octanol–water partition coefficient (Wildman–Crippen LogP) is 4.04. The van der Waals surface area contributed by atoms with E-state index in [2.05, 4.69) is 10.1 Å². The lowest BCUT2D eigenvalue weighted by molar-refractivity contribution is -0.133. The second-order valence-electron chi connectivity index (χ2n) is 8.43. The molecule has 6 nitrogen and oxygen atoms in total. The lowest BCUT2D eigenvalue weighted by atomic mass is 9.98. The number of hydrogen-bond acceptors (Lipinski definition) is 4. The number of piperidine rings is 1. The molecule has 31 heavy (non-hydrogen) atoms. The number of likely N-dealkylation sites (tertiary alicyclic amines) is 1. The molecule has 4 rings (SSSR count). The zero-order valence-electron chi connectivity index (χ0n) is 18.4. The monoisotopic (exact) mass is 424 g/mol. The van der Waals surface area contributed by atoms with E-state index in [1.165, 1.54) is 12.1 Å². The maximum Gasteiger partial charge on any atom is 0.222 e. The molecule has 2 aromatic heterocycles. The Hall–Kier alpha value is -2.96. The van der Waals surface area contributed by atoms with Crippen LogP contribution in [0.25, 0.3) is 5.65 Å². The van der Waals surface area contributed by atoms with Gasteiger partial charge in [0.2, 0.25) is 5.91 Å². The summed E-state index contributed by atoms with van der Waals surface area (Å²) in [6.07, 6.45) is 3.12. The number of carbonyl (C=O) groups is 1. The smallest absolute Gasteiger partial charge is 0.222 e. The predicted molar refractivity (Wildman–Crippen MR) is 117 cm³/mol. The first-order chi connectivity index (χ1) is 14.9. The minimum atomic E-state index is -0.274. The number of aromatic nitrogens is 3. The van der Waals surface area contributed by atoms with Crippen LogP contribution in [0.1, 0.15) is 41.9 Å². The summed E-state index contributed by atoms with van der Waals surface area (Å²) >= 11 is 0. The quantitative estimate of drug-likeness (QED) is 0.599. The van der Waals surface area contributed by atoms with Crippen molar-refractivity contribution in [3.8, 4) is 5.75 Å². The number of aryl methyl sites for hydroxylation is 3. The highest BCUT2D eigenvalue weighted by Gasteiger charge is 2.24. The summed E-state index contributed by atoms with van der Waals surface area (Å²) in [6.45, 7) is 8.02. The van der Waals surface area contributed by atoms with Gasteiger partial charge in [-0.1, -0.05) is 0 Å². The molecular formula is C24H29FN4O2. The van der Waals surface area contributed by atoms with Gasteiger partial charge in [0.05, 0.1) is 12.3 Å². The van der Waals surface area contributed by atoms with Crippen molar-refractivity contribution in [2.45, 2.75) is 46.5 Å². The summed E-state index contributed by atoms with van der Waals surface area (Å²) in [5.41, 5.74) is 4.89. The van der Waals surface area contributed by atoms with Gasteiger partial charge in [0.1, 0.15) is 11.6 Å². The molecule has 3 aromatic rings. The minimum Gasteiger partial charge on any atom is -0.493 e. The summed E-state index contributed by atoms with van der Waals surface area (Å²) < 4.78 is 20.7. The largest absolute Gasteiger partial charge is 0.493 e. The molecule has 1 unspecified atom stereocenters. The Kier molecular flexibility index (Phi) is 6.20. The Morgan fingerprint density at radius 3 is 2.77 bits per heavy atom. The Bertz CT molecular complexity index is 1080. The Labute approximate surface area is 182 Å². The highest BCUT2D eigenvalue weighted by atomic mass is 19.1. The molecule has 0 radical (unpaired) electrons. The van der Waals surface area contributed by atoms with Crippen LogP contribution in [-0.4, -0.2) is 45.1 Å². The summed E-state index contributed by atoms with van der Waals surface area (Å²) in [5, 5.41) is 4.52. The first kappa shape index (κ1) is 21.3. The average Bonchev–Trinajstić information content (AvgIpc) is 3.13. The molecule has 0 N–H and O–H groups in total. The van der Waals surface area contributed by atoms with Gasteiger partial charge in [0.25, 0.3) is 0 Å². The molecule has 1 fully saturated rings. The van der Waals surface area contributed by atoms with Crippen LogP contribution in [-0.2, 0) is 11.2 Å². The summed E-state index contributed by atoms with van der Waals surface area (Å²) in [4.78, 5) is 19.5. The van der Waals surface area contributed by atoms with Gasteiger partial charge in [-0.3, -0.25) is 4.79 Å². The van der Waals surface area contributed by atoms with Crippen LogP contribution >= 0.6 is 0 Å². The average molecular weight is 425 g/mol. The van der Waals surface area contributed by atoms with Crippen LogP contribution in [0.15, 0.2) is 30.3 Å². The van der Waals surface area contributed by atoms with Crippen molar-refractivity contribution in [2.24, 2.45) is 5.92 Å². The third-order valence-corrected chi connectivity index (χ3v) is 6.05. The molecule has 0 bridgehead atoms. The van der Waals surface area contributed by atoms with Crippen molar-refractivity contribution in [3.05, 3.63) is 58.8 Å². The molecule has 1 aliphatic rings. The first-order valence-corrected chi connectivity index (χ1v) is 10.9. The van der Waals surface area contributed by atoms with Gasteiger partial charge in [0.15, 0.2) is 5.65 Å². The molecule has 0 saturated carbocycles. The van der Waals surface area contributed by atoms with E-state index in [1.807, 2.05) is 36.3 Å². The van der Waals surface area contributed by atoms with Crippen molar-refractivity contribution < 1.29 is 13.9 Å². The number of nitrogens with zero attached hydrogens (tertiary/aromatic N) is 4. The Morgan fingerprint density at radius 2 is 2.00 bits per heavy atom. The standard InChI is InChI=1S/C24H29FN4O2/c1-16-13-23-26-17(2)22(18(3)29(23)27-16)10-11-24(30)28-12-4-5-19(14-28)15-31-21-8-6-20(25)7-9-21/h6-9,13,19H,4-5,10-12,14-15H2,1-3H3. The van der Waals surface area contributed by atoms with E-state index in [0.717, 1.165) is 47.7 Å². The number of carbonyl (C=O) groups excluding carboxylic acids is 1. The number of ether oxygens (including phenoxy) is 1. The van der Waals surface area contributed by atoms with Crippen LogP contribution < -0.4 is 4.74 Å². The zero-order valence-corrected chi connectivity index (χ0v) is 18.4. The molecule has 3 heterocycles. The highest BCUT2D eigenvalue weighted by molar-refractivity contribution is 5.76. The molecular weight excluding hydrogens is 395 g/mol. The van der Waals surface area contributed by atoms with Gasteiger partial charge in [-0.2, -0.15) is 5.10 Å². The summed E-state index contributed by atoms with van der Waals surface area (Å²) in [7, 11) is 0. The van der Waals surface area contributed by atoms with E-state index in [1.54, 1.807) is 12.1 Å². The molecule has 0 aliphatic carbocycles. The molecule has 164 valence electrons. The van der Waals surface area contributed by atoms with Crippen molar-refractivity contribution in [3.63, 3.8) is 0 Å². The lowest BCUT2D eigenvalue weighted by Crippen LogP contribution is -2.41. The molecule has 1 aromatic carbocycles. The van der Waals surface area contributed by atoms with Crippen LogP contribution in [0, 0.1) is 32.5 Å². The van der Waals surface area contributed by atoms with Gasteiger partial charge in [-0.15, -0.1) is 0 Å². The van der Waals surface area contributed by atoms with Crippen LogP contribution in [0.4, 0.5) is 4.39 Å². The molecule has 1 saturated heterocycles. The number of halogens is 1. The van der Waals surface area contributed by atoms with E-state index >= 15 is 0 Å². The fraction of sp³-hybridized carbons (Fsp3) is 0.458. The molecule has 0 spiro atoms. The van der Waals surface area contributed by atoms with Gasteiger partial charge in [0, 0.05) is 42.9 Å². The SMILES string of the molecule is Cc1cc2nc(C)c(CCC(=O)N3CCCC(COc4ccc(F)cc4)C3)c(C)n2n1. The summed E-state index contributed by atoms with van der Waals surface area (Å²) in [6, 6.07) is 8.03. The number of fused-ring (bicyclic) bond motifs is 1. The van der Waals surface area contributed by atoms with Crippen molar-refractivity contribution in [1.82, 2.24) is 19.5 Å². The topological polar surface area (TPSA) is 59.7 Å². The number of hydrogen-bond donors (Lipinski definition) is 0. The molecule has 1 aliphatic heterocycles. The fourth-order valence-electron chi connectivity index (χ4n) is 4.37. The van der Waals surface area contributed by atoms with Gasteiger partial charge >= 0.3 is 0 Å². The minimum absolute atomic E-state index is 0.169. The van der Waals surface area contributed by atoms with Crippen molar-refractivity contribution in [1.29, 1.82) is 0 Å². The number of amides is 1. The van der Waals surface area contributed by atoms with E-state index in [0.29, 0.717) is 31.7 Å². The third-order valence-electron chi connectivity index (χ3n) is 6.05. The van der Waals surface area contributed by atoms with Crippen molar-refractivity contribution >= 4 is 11.6 Å². The normalized spacial score (nSPS) is 16.6. The third kappa shape index (κ3) is 4.86. The number of rotatable bonds is 6. The lowest BCUT2D eigenvalue weighted by Gasteiger charge is -2.33. The Morgan fingerprint density at radius 1 is 1.23 bits per heavy atom. The van der Waals surface area contributed by atoms with Gasteiger partial charge < -0.3 is 9.64 Å². The van der Waals surface area contributed by atoms with E-state index in [9.17, 15) is 9.18 Å². The zero-order chi connectivity index (χ0) is 22.0. The first-order valence-electron chi connectivity index (χ1n) is 10.9. The van der Waals surface area contributed by atoms with Gasteiger partial charge in [-0.05, 0) is 69.9 Å². The maximum absolute atomic E-state index is 13.0. The fourth-order valence-corrected chi connectivity index (χ4v) is 4.37. The van der Waals surface area contributed by atoms with Crippen LogP contribution in [0.3, 0.4) is 0 Å². The molecule has 1 atom stereocenters. The summed E-state index contributed by atoms with van der Waals surface area (Å²) in [5.74, 6) is 0.843. The van der Waals surface area contributed by atoms with Crippen LogP contribution in [0.2, 0.25) is 0 Å². The number of benzene rings is 1. The highest BCUT2D eigenvalue weighted by Crippen LogP contribution is 2.21. The Balaban J connectivity index is 1.34. The van der Waals surface area contributed by atoms with Crippen LogP contribution in [0.5, 0.6) is 5.75 Å². The second-order valence-corrected chi connectivity index (χ2v) is 8.43. The van der Waals surface area contributed by atoms with Crippen molar-refractivity contribution in [2.75, 3.05) is 19.7 Å². The van der Waals surface area contributed by atoms with E-state index in [4.69, 9.17) is 4.74 Å². The van der Waals surface area contributed by atoms with E-state index in [-0.39, 0.29) is 17.6 Å². The van der Waals surface area contributed by atoms with Gasteiger partial charge in [-0.25, -0.2) is 13.9 Å². The maximum atomic E-state index is 13.0.